The van der Waals surface area contributed by atoms with Crippen molar-refractivity contribution < 1.29 is 19.0 Å². The summed E-state index contributed by atoms with van der Waals surface area (Å²) >= 11 is 0. The highest BCUT2D eigenvalue weighted by molar-refractivity contribution is 5.88. The number of ether oxygens (including phenoxy) is 3. The van der Waals surface area contributed by atoms with Gasteiger partial charge < -0.3 is 19.5 Å². The van der Waals surface area contributed by atoms with Crippen LogP contribution in [-0.4, -0.2) is 48.3 Å². The average Bonchev–Trinajstić information content (AvgIpc) is 3.25. The van der Waals surface area contributed by atoms with Gasteiger partial charge in [-0.1, -0.05) is 48.5 Å². The number of hydrogen-bond donors (Lipinski definition) is 1. The van der Waals surface area contributed by atoms with Crippen LogP contribution in [0.3, 0.4) is 0 Å². The van der Waals surface area contributed by atoms with Crippen molar-refractivity contribution in [2.45, 2.75) is 33.0 Å². The summed E-state index contributed by atoms with van der Waals surface area (Å²) in [6, 6.07) is 18.7. The van der Waals surface area contributed by atoms with E-state index in [-0.39, 0.29) is 5.97 Å². The van der Waals surface area contributed by atoms with Gasteiger partial charge in [-0.25, -0.2) is 4.98 Å². The van der Waals surface area contributed by atoms with Gasteiger partial charge in [0.1, 0.15) is 12.2 Å². The Hall–Kier alpha value is -3.68. The number of nitrogens with zero attached hydrogens (tertiary/aromatic N) is 2. The maximum absolute atomic E-state index is 11.8. The SMILES string of the molecule is COCCO[C@H]1c2ccn3c(-c4ccccc4C)c(-c4ccccc4C)nc3c2NC[C@H]1OC(C)=O. The van der Waals surface area contributed by atoms with Crippen LogP contribution < -0.4 is 5.32 Å². The van der Waals surface area contributed by atoms with Crippen LogP contribution in [-0.2, 0) is 19.0 Å². The number of nitrogens with one attached hydrogen (secondary N) is 1. The molecule has 4 aromatic rings. The van der Waals surface area contributed by atoms with Crippen LogP contribution in [0, 0.1) is 13.8 Å². The molecule has 0 radical (unpaired) electrons. The Morgan fingerprint density at radius 2 is 1.72 bits per heavy atom. The lowest BCUT2D eigenvalue weighted by Crippen LogP contribution is -2.38. The fourth-order valence-corrected chi connectivity index (χ4v) is 4.94. The first-order valence-corrected chi connectivity index (χ1v) is 12.2. The lowest BCUT2D eigenvalue weighted by molar-refractivity contribution is -0.155. The number of esters is 1. The van der Waals surface area contributed by atoms with Crippen molar-refractivity contribution in [2.24, 2.45) is 0 Å². The monoisotopic (exact) mass is 485 g/mol. The number of anilines is 1. The summed E-state index contributed by atoms with van der Waals surface area (Å²) < 4.78 is 19.1. The molecule has 2 atom stereocenters. The number of imidazole rings is 1. The molecule has 7 heteroatoms. The minimum Gasteiger partial charge on any atom is -0.458 e. The van der Waals surface area contributed by atoms with Crippen molar-refractivity contribution in [3.63, 3.8) is 0 Å². The zero-order valence-electron chi connectivity index (χ0n) is 21.1. The smallest absolute Gasteiger partial charge is 0.303 e. The van der Waals surface area contributed by atoms with E-state index in [1.54, 1.807) is 7.11 Å². The summed E-state index contributed by atoms with van der Waals surface area (Å²) in [5.41, 5.74) is 9.14. The van der Waals surface area contributed by atoms with E-state index in [1.807, 2.05) is 24.4 Å². The normalized spacial score (nSPS) is 17.0. The lowest BCUT2D eigenvalue weighted by Gasteiger charge is -2.33. The summed E-state index contributed by atoms with van der Waals surface area (Å²) in [6.45, 7) is 6.92. The van der Waals surface area contributed by atoms with Gasteiger partial charge in [-0.2, -0.15) is 0 Å². The predicted octanol–water partition coefficient (Wildman–Crippen LogP) is 5.35. The van der Waals surface area contributed by atoms with Crippen molar-refractivity contribution in [1.82, 2.24) is 9.38 Å². The van der Waals surface area contributed by atoms with Crippen molar-refractivity contribution in [3.05, 3.63) is 77.5 Å². The molecule has 2 aromatic carbocycles. The van der Waals surface area contributed by atoms with E-state index in [4.69, 9.17) is 19.2 Å². The summed E-state index contributed by atoms with van der Waals surface area (Å²) in [5.74, 6) is -0.337. The van der Waals surface area contributed by atoms with Crippen LogP contribution >= 0.6 is 0 Å². The third-order valence-corrected chi connectivity index (χ3v) is 6.65. The lowest BCUT2D eigenvalue weighted by atomic mass is 9.98. The molecule has 0 amide bonds. The minimum absolute atomic E-state index is 0.337. The molecule has 0 bridgehead atoms. The van der Waals surface area contributed by atoms with Gasteiger partial charge in [0, 0.05) is 36.9 Å². The minimum atomic E-state index is -0.448. The fourth-order valence-electron chi connectivity index (χ4n) is 4.94. The number of aryl methyl sites for hydroxylation is 2. The highest BCUT2D eigenvalue weighted by atomic mass is 16.6. The van der Waals surface area contributed by atoms with E-state index >= 15 is 0 Å². The Bertz CT molecular complexity index is 1410. The molecule has 2 aromatic heterocycles. The van der Waals surface area contributed by atoms with Crippen molar-refractivity contribution in [3.8, 4) is 22.5 Å². The van der Waals surface area contributed by atoms with Crippen LogP contribution in [0.1, 0.15) is 29.7 Å². The van der Waals surface area contributed by atoms with Gasteiger partial charge >= 0.3 is 5.97 Å². The van der Waals surface area contributed by atoms with E-state index in [0.717, 1.165) is 45.0 Å². The molecule has 3 heterocycles. The number of pyridine rings is 1. The average molecular weight is 486 g/mol. The highest BCUT2D eigenvalue weighted by Crippen LogP contribution is 2.42. The van der Waals surface area contributed by atoms with Crippen molar-refractivity contribution in [1.29, 1.82) is 0 Å². The zero-order chi connectivity index (χ0) is 25.2. The van der Waals surface area contributed by atoms with Crippen LogP contribution in [0.15, 0.2) is 60.8 Å². The van der Waals surface area contributed by atoms with Gasteiger partial charge in [-0.05, 0) is 31.0 Å². The first-order chi connectivity index (χ1) is 17.5. The highest BCUT2D eigenvalue weighted by Gasteiger charge is 2.35. The second-order valence-corrected chi connectivity index (χ2v) is 9.09. The maximum atomic E-state index is 11.8. The molecule has 1 aliphatic rings. The van der Waals surface area contributed by atoms with Crippen LogP contribution in [0.4, 0.5) is 5.69 Å². The Morgan fingerprint density at radius 3 is 2.39 bits per heavy atom. The van der Waals surface area contributed by atoms with Crippen molar-refractivity contribution >= 4 is 17.3 Å². The summed E-state index contributed by atoms with van der Waals surface area (Å²) in [4.78, 5) is 17.0. The molecular formula is C29H31N3O4. The van der Waals surface area contributed by atoms with Gasteiger partial charge in [0.2, 0.25) is 0 Å². The molecule has 0 spiro atoms. The number of aromatic nitrogens is 2. The first kappa shape index (κ1) is 24.0. The molecule has 186 valence electrons. The number of benzene rings is 2. The fraction of sp³-hybridized carbons (Fsp3) is 0.310. The van der Waals surface area contributed by atoms with Gasteiger partial charge in [0.25, 0.3) is 0 Å². The molecule has 0 saturated heterocycles. The van der Waals surface area contributed by atoms with E-state index in [9.17, 15) is 4.79 Å². The van der Waals surface area contributed by atoms with E-state index in [1.165, 1.54) is 12.5 Å². The number of carbonyl (C=O) groups is 1. The molecule has 1 aliphatic heterocycles. The number of hydrogen-bond acceptors (Lipinski definition) is 6. The topological polar surface area (TPSA) is 74.1 Å². The Morgan fingerprint density at radius 1 is 1.03 bits per heavy atom. The number of carbonyl (C=O) groups excluding carboxylic acids is 1. The van der Waals surface area contributed by atoms with Gasteiger partial charge in [0.15, 0.2) is 5.65 Å². The molecule has 0 fully saturated rings. The standard InChI is InChI=1S/C29H31N3O4/c1-18-9-5-7-11-21(18)25-27(22-12-8-6-10-19(22)2)32-14-13-23-26(29(32)31-25)30-17-24(36-20(3)33)28(23)35-16-15-34-4/h5-14,24,28,30H,15-17H2,1-4H3/t24-,28+/m1/s1. The van der Waals surface area contributed by atoms with Gasteiger partial charge in [-0.15, -0.1) is 0 Å². The third kappa shape index (κ3) is 4.36. The summed E-state index contributed by atoms with van der Waals surface area (Å²) in [5, 5.41) is 3.48. The summed E-state index contributed by atoms with van der Waals surface area (Å²) in [7, 11) is 1.64. The zero-order valence-corrected chi connectivity index (χ0v) is 21.1. The predicted molar refractivity (Wildman–Crippen MR) is 140 cm³/mol. The van der Waals surface area contributed by atoms with E-state index in [0.29, 0.717) is 19.8 Å². The van der Waals surface area contributed by atoms with Gasteiger partial charge in [-0.3, -0.25) is 9.20 Å². The molecule has 1 N–H and O–H groups in total. The molecule has 7 nitrogen and oxygen atoms in total. The second-order valence-electron chi connectivity index (χ2n) is 9.09. The second kappa shape index (κ2) is 10.1. The molecule has 0 saturated carbocycles. The summed E-state index contributed by atoms with van der Waals surface area (Å²) in [6.07, 6.45) is 1.16. The van der Waals surface area contributed by atoms with Crippen molar-refractivity contribution in [2.75, 3.05) is 32.2 Å². The molecule has 0 unspecified atom stereocenters. The quantitative estimate of drug-likeness (QED) is 0.281. The third-order valence-electron chi connectivity index (χ3n) is 6.65. The largest absolute Gasteiger partial charge is 0.458 e. The van der Waals surface area contributed by atoms with Crippen LogP contribution in [0.5, 0.6) is 0 Å². The van der Waals surface area contributed by atoms with E-state index in [2.05, 4.69) is 60.0 Å². The van der Waals surface area contributed by atoms with E-state index < -0.39 is 12.2 Å². The molecular weight excluding hydrogens is 454 g/mol. The van der Waals surface area contributed by atoms with Crippen LogP contribution in [0.2, 0.25) is 0 Å². The Labute approximate surface area is 211 Å². The maximum Gasteiger partial charge on any atom is 0.303 e. The Balaban J connectivity index is 1.72. The molecule has 36 heavy (non-hydrogen) atoms. The number of rotatable bonds is 7. The number of methoxy groups -OCH3 is 1. The Kier molecular flexibility index (Phi) is 6.76. The number of fused-ring (bicyclic) bond motifs is 3. The molecule has 0 aliphatic carbocycles. The van der Waals surface area contributed by atoms with Crippen LogP contribution in [0.25, 0.3) is 28.2 Å². The van der Waals surface area contributed by atoms with Gasteiger partial charge in [0.05, 0.1) is 36.8 Å². The molecule has 5 rings (SSSR count). The first-order valence-electron chi connectivity index (χ1n) is 12.2.